The molecular weight excluding hydrogens is 305 g/mol. The first kappa shape index (κ1) is 13.4. The van der Waals surface area contributed by atoms with E-state index in [1.165, 1.54) is 57.4 Å². The fraction of sp³-hybridized carbons (Fsp3) is 0.625. The molecule has 2 fully saturated rings. The SMILES string of the molecule is Fc1ccc(Br)c(NC2CCC3(CCCC3)CC2)c1. The first-order valence-corrected chi connectivity index (χ1v) is 8.18. The predicted molar refractivity (Wildman–Crippen MR) is 80.9 cm³/mol. The van der Waals surface area contributed by atoms with Gasteiger partial charge in [0.05, 0.1) is 5.69 Å². The molecule has 0 saturated heterocycles. The molecule has 1 aromatic rings. The molecule has 104 valence electrons. The highest BCUT2D eigenvalue weighted by Gasteiger charge is 2.37. The third-order valence-corrected chi connectivity index (χ3v) is 5.69. The molecule has 3 rings (SSSR count). The van der Waals surface area contributed by atoms with Crippen molar-refractivity contribution in [3.8, 4) is 0 Å². The minimum Gasteiger partial charge on any atom is -0.381 e. The van der Waals surface area contributed by atoms with Crippen LogP contribution < -0.4 is 5.32 Å². The number of halogens is 2. The first-order valence-electron chi connectivity index (χ1n) is 7.39. The molecule has 1 N–H and O–H groups in total. The van der Waals surface area contributed by atoms with E-state index < -0.39 is 0 Å². The van der Waals surface area contributed by atoms with E-state index in [0.29, 0.717) is 11.5 Å². The van der Waals surface area contributed by atoms with E-state index in [2.05, 4.69) is 21.2 Å². The fourth-order valence-electron chi connectivity index (χ4n) is 3.83. The summed E-state index contributed by atoms with van der Waals surface area (Å²) < 4.78 is 14.2. The molecule has 1 spiro atoms. The van der Waals surface area contributed by atoms with Crippen molar-refractivity contribution in [1.29, 1.82) is 0 Å². The average Bonchev–Trinajstić information content (AvgIpc) is 2.85. The lowest BCUT2D eigenvalue weighted by Gasteiger charge is -2.38. The number of rotatable bonds is 2. The molecule has 0 radical (unpaired) electrons. The van der Waals surface area contributed by atoms with Gasteiger partial charge in [0.25, 0.3) is 0 Å². The van der Waals surface area contributed by atoms with Crippen LogP contribution in [-0.4, -0.2) is 6.04 Å². The van der Waals surface area contributed by atoms with E-state index in [-0.39, 0.29) is 5.82 Å². The summed E-state index contributed by atoms with van der Waals surface area (Å²) in [5.74, 6) is -0.172. The second-order valence-electron chi connectivity index (χ2n) is 6.25. The minimum absolute atomic E-state index is 0.172. The monoisotopic (exact) mass is 325 g/mol. The Hall–Kier alpha value is -0.570. The number of hydrogen-bond donors (Lipinski definition) is 1. The van der Waals surface area contributed by atoms with Crippen molar-refractivity contribution in [2.45, 2.75) is 57.4 Å². The van der Waals surface area contributed by atoms with Gasteiger partial charge in [0.2, 0.25) is 0 Å². The number of benzene rings is 1. The van der Waals surface area contributed by atoms with Crippen LogP contribution in [0.5, 0.6) is 0 Å². The van der Waals surface area contributed by atoms with Crippen LogP contribution in [0.2, 0.25) is 0 Å². The topological polar surface area (TPSA) is 12.0 Å². The Morgan fingerprint density at radius 2 is 1.79 bits per heavy atom. The maximum absolute atomic E-state index is 13.3. The van der Waals surface area contributed by atoms with Gasteiger partial charge < -0.3 is 5.32 Å². The lowest BCUT2D eigenvalue weighted by atomic mass is 9.71. The van der Waals surface area contributed by atoms with Crippen molar-refractivity contribution >= 4 is 21.6 Å². The van der Waals surface area contributed by atoms with E-state index in [1.54, 1.807) is 12.1 Å². The Kier molecular flexibility index (Phi) is 3.84. The highest BCUT2D eigenvalue weighted by atomic mass is 79.9. The van der Waals surface area contributed by atoms with Crippen LogP contribution in [0.1, 0.15) is 51.4 Å². The van der Waals surface area contributed by atoms with E-state index in [9.17, 15) is 4.39 Å². The Balaban J connectivity index is 1.61. The lowest BCUT2D eigenvalue weighted by molar-refractivity contribution is 0.188. The van der Waals surface area contributed by atoms with Gasteiger partial charge in [-0.15, -0.1) is 0 Å². The van der Waals surface area contributed by atoms with Crippen LogP contribution in [0.15, 0.2) is 22.7 Å². The van der Waals surface area contributed by atoms with Gasteiger partial charge in [0, 0.05) is 10.5 Å². The van der Waals surface area contributed by atoms with Crippen LogP contribution in [0, 0.1) is 11.2 Å². The first-order chi connectivity index (χ1) is 9.17. The Bertz CT molecular complexity index is 444. The molecule has 0 aliphatic heterocycles. The summed E-state index contributed by atoms with van der Waals surface area (Å²) in [7, 11) is 0. The molecule has 0 unspecified atom stereocenters. The van der Waals surface area contributed by atoms with Crippen molar-refractivity contribution < 1.29 is 4.39 Å². The minimum atomic E-state index is -0.172. The van der Waals surface area contributed by atoms with Gasteiger partial charge in [-0.25, -0.2) is 4.39 Å². The second-order valence-corrected chi connectivity index (χ2v) is 7.10. The normalized spacial score (nSPS) is 22.8. The molecular formula is C16H21BrFN. The van der Waals surface area contributed by atoms with Gasteiger partial charge in [-0.3, -0.25) is 0 Å². The number of anilines is 1. The largest absolute Gasteiger partial charge is 0.381 e. The summed E-state index contributed by atoms with van der Waals surface area (Å²) in [5, 5.41) is 3.51. The molecule has 19 heavy (non-hydrogen) atoms. The third-order valence-electron chi connectivity index (χ3n) is 5.00. The zero-order chi connectivity index (χ0) is 13.3. The van der Waals surface area contributed by atoms with Crippen LogP contribution in [0.3, 0.4) is 0 Å². The van der Waals surface area contributed by atoms with E-state index >= 15 is 0 Å². The van der Waals surface area contributed by atoms with Gasteiger partial charge in [0.15, 0.2) is 0 Å². The summed E-state index contributed by atoms with van der Waals surface area (Å²) in [6.07, 6.45) is 10.9. The average molecular weight is 326 g/mol. The maximum Gasteiger partial charge on any atom is 0.125 e. The summed E-state index contributed by atoms with van der Waals surface area (Å²) in [5.41, 5.74) is 1.56. The molecule has 0 aromatic heterocycles. The highest BCUT2D eigenvalue weighted by Crippen LogP contribution is 2.49. The van der Waals surface area contributed by atoms with Crippen molar-refractivity contribution in [3.63, 3.8) is 0 Å². The van der Waals surface area contributed by atoms with Gasteiger partial charge in [-0.05, 0) is 78.1 Å². The molecule has 2 aliphatic rings. The molecule has 0 amide bonds. The quantitative estimate of drug-likeness (QED) is 0.756. The molecule has 1 nitrogen and oxygen atoms in total. The molecule has 3 heteroatoms. The predicted octanol–water partition coefficient (Wildman–Crippen LogP) is 5.50. The summed E-state index contributed by atoms with van der Waals surface area (Å²) in [6, 6.07) is 5.36. The second kappa shape index (κ2) is 5.43. The van der Waals surface area contributed by atoms with E-state index in [4.69, 9.17) is 0 Å². The van der Waals surface area contributed by atoms with E-state index in [0.717, 1.165) is 10.2 Å². The van der Waals surface area contributed by atoms with Crippen molar-refractivity contribution in [2.75, 3.05) is 5.32 Å². The van der Waals surface area contributed by atoms with Crippen molar-refractivity contribution in [1.82, 2.24) is 0 Å². The number of hydrogen-bond acceptors (Lipinski definition) is 1. The van der Waals surface area contributed by atoms with Crippen LogP contribution in [0.4, 0.5) is 10.1 Å². The molecule has 2 saturated carbocycles. The summed E-state index contributed by atoms with van der Waals surface area (Å²) in [4.78, 5) is 0. The van der Waals surface area contributed by atoms with Gasteiger partial charge in [-0.1, -0.05) is 12.8 Å². The summed E-state index contributed by atoms with van der Waals surface area (Å²) in [6.45, 7) is 0. The maximum atomic E-state index is 13.3. The Morgan fingerprint density at radius 1 is 1.11 bits per heavy atom. The molecule has 1 aromatic carbocycles. The summed E-state index contributed by atoms with van der Waals surface area (Å²) >= 11 is 3.49. The molecule has 0 atom stereocenters. The number of nitrogens with one attached hydrogen (secondary N) is 1. The van der Waals surface area contributed by atoms with Crippen molar-refractivity contribution in [3.05, 3.63) is 28.5 Å². The standard InChI is InChI=1S/C16H21BrFN/c17-14-4-3-12(18)11-15(14)19-13-5-9-16(10-6-13)7-1-2-8-16/h3-4,11,13,19H,1-2,5-10H2. The highest BCUT2D eigenvalue weighted by molar-refractivity contribution is 9.10. The fourth-order valence-corrected chi connectivity index (χ4v) is 4.19. The molecule has 2 aliphatic carbocycles. The molecule has 0 bridgehead atoms. The Morgan fingerprint density at radius 3 is 2.47 bits per heavy atom. The lowest BCUT2D eigenvalue weighted by Crippen LogP contribution is -2.31. The van der Waals surface area contributed by atoms with Gasteiger partial charge in [0.1, 0.15) is 5.82 Å². The smallest absolute Gasteiger partial charge is 0.125 e. The van der Waals surface area contributed by atoms with Gasteiger partial charge in [-0.2, -0.15) is 0 Å². The van der Waals surface area contributed by atoms with Crippen LogP contribution in [-0.2, 0) is 0 Å². The Labute approximate surface area is 123 Å². The van der Waals surface area contributed by atoms with Crippen molar-refractivity contribution in [2.24, 2.45) is 5.41 Å². The molecule has 0 heterocycles. The van der Waals surface area contributed by atoms with Gasteiger partial charge >= 0.3 is 0 Å². The van der Waals surface area contributed by atoms with E-state index in [1.807, 2.05) is 0 Å². The van der Waals surface area contributed by atoms with Crippen LogP contribution >= 0.6 is 15.9 Å². The zero-order valence-electron chi connectivity index (χ0n) is 11.2. The van der Waals surface area contributed by atoms with Crippen LogP contribution in [0.25, 0.3) is 0 Å². The third kappa shape index (κ3) is 2.96. The zero-order valence-corrected chi connectivity index (χ0v) is 12.8.